The summed E-state index contributed by atoms with van der Waals surface area (Å²) < 4.78 is 1.15. The number of thiophene rings is 1. The lowest BCUT2D eigenvalue weighted by Gasteiger charge is -2.20. The van der Waals surface area contributed by atoms with Gasteiger partial charge in [0.05, 0.1) is 15.7 Å². The number of carbonyl (C=O) groups excluding carboxylic acids is 1. The van der Waals surface area contributed by atoms with Crippen molar-refractivity contribution in [1.29, 1.82) is 0 Å². The monoisotopic (exact) mass is 317 g/mol. The van der Waals surface area contributed by atoms with E-state index in [2.05, 4.69) is 40.4 Å². The highest BCUT2D eigenvalue weighted by Crippen LogP contribution is 2.21. The summed E-state index contributed by atoms with van der Waals surface area (Å²) >= 11 is 5.19. The van der Waals surface area contributed by atoms with Gasteiger partial charge in [-0.1, -0.05) is 0 Å². The minimum atomic E-state index is 0.0106. The molecule has 1 heterocycles. The molecule has 0 spiro atoms. The number of nitrogens with one attached hydrogen (secondary N) is 2. The van der Waals surface area contributed by atoms with Gasteiger partial charge in [-0.2, -0.15) is 0 Å². The Bertz CT molecular complexity index is 403. The van der Waals surface area contributed by atoms with E-state index in [0.29, 0.717) is 6.04 Å². The summed E-state index contributed by atoms with van der Waals surface area (Å²) in [5.74, 6) is 0.181. The average Bonchev–Trinajstić information content (AvgIpc) is 3.00. The second-order valence-electron chi connectivity index (χ2n) is 4.73. The summed E-state index contributed by atoms with van der Waals surface area (Å²) in [6.07, 6.45) is 2.30. The van der Waals surface area contributed by atoms with E-state index in [1.54, 1.807) is 11.3 Å². The van der Waals surface area contributed by atoms with Crippen LogP contribution in [0.25, 0.3) is 0 Å². The van der Waals surface area contributed by atoms with Crippen LogP contribution in [-0.4, -0.2) is 25.0 Å². The molecule has 2 atom stereocenters. The molecular formula is C12H18BrN2OS+. The third kappa shape index (κ3) is 3.79. The zero-order valence-corrected chi connectivity index (χ0v) is 12.5. The van der Waals surface area contributed by atoms with E-state index in [0.717, 1.165) is 23.2 Å². The summed E-state index contributed by atoms with van der Waals surface area (Å²) in [7, 11) is 2.07. The Labute approximate surface area is 114 Å². The molecule has 1 aliphatic carbocycles. The highest BCUT2D eigenvalue weighted by atomic mass is 79.9. The largest absolute Gasteiger partial charge is 0.348 e. The molecule has 2 rings (SSSR count). The molecule has 94 valence electrons. The summed E-state index contributed by atoms with van der Waals surface area (Å²) in [5, 5.41) is 3.06. The van der Waals surface area contributed by atoms with Gasteiger partial charge in [0.2, 0.25) is 0 Å². The van der Waals surface area contributed by atoms with E-state index < -0.39 is 0 Å². The van der Waals surface area contributed by atoms with Crippen LogP contribution in [0.1, 0.15) is 24.6 Å². The van der Waals surface area contributed by atoms with Crippen LogP contribution in [0.3, 0.4) is 0 Å². The molecule has 1 amide bonds. The van der Waals surface area contributed by atoms with Crippen molar-refractivity contribution < 1.29 is 9.69 Å². The number of quaternary nitrogens is 1. The number of likely N-dealkylation sites (N-methyl/N-ethyl adjacent to an activating group) is 1. The molecule has 3 nitrogen and oxygen atoms in total. The number of rotatable bonds is 5. The third-order valence-electron chi connectivity index (χ3n) is 3.14. The molecule has 1 aliphatic rings. The Morgan fingerprint density at radius 2 is 2.35 bits per heavy atom. The predicted molar refractivity (Wildman–Crippen MR) is 73.2 cm³/mol. The molecule has 0 aromatic carbocycles. The van der Waals surface area contributed by atoms with Crippen LogP contribution >= 0.6 is 27.3 Å². The first-order chi connectivity index (χ1) is 8.06. The van der Waals surface area contributed by atoms with Crippen molar-refractivity contribution in [2.45, 2.75) is 38.4 Å². The molecular weight excluding hydrogens is 300 g/mol. The molecule has 1 aromatic rings. The van der Waals surface area contributed by atoms with Gasteiger partial charge in [0, 0.05) is 6.04 Å². The van der Waals surface area contributed by atoms with Crippen molar-refractivity contribution >= 4 is 33.2 Å². The smallest absolute Gasteiger partial charge is 0.278 e. The Hall–Kier alpha value is -0.390. The Balaban J connectivity index is 1.85. The summed E-state index contributed by atoms with van der Waals surface area (Å²) in [5.41, 5.74) is 0. The van der Waals surface area contributed by atoms with Crippen LogP contribution in [0.5, 0.6) is 0 Å². The summed E-state index contributed by atoms with van der Waals surface area (Å²) in [4.78, 5) is 14.4. The maximum atomic E-state index is 11.9. The topological polar surface area (TPSA) is 33.5 Å². The van der Waals surface area contributed by atoms with E-state index in [9.17, 15) is 4.79 Å². The van der Waals surface area contributed by atoms with Crippen molar-refractivity contribution in [3.63, 3.8) is 0 Å². The molecule has 0 saturated heterocycles. The standard InChI is InChI=1S/C12H17BrN2OS/c1-8(12(16)14-9-3-4-9)15(2)7-10-5-6-11(13)17-10/h5-6,8-9H,3-4,7H2,1-2H3,(H,14,16)/p+1/t8-/m0/s1. The van der Waals surface area contributed by atoms with Gasteiger partial charge in [-0.15, -0.1) is 11.3 Å². The molecule has 0 bridgehead atoms. The predicted octanol–water partition coefficient (Wildman–Crippen LogP) is 1.19. The number of amides is 1. The minimum Gasteiger partial charge on any atom is -0.348 e. The Kier molecular flexibility index (Phi) is 4.22. The molecule has 5 heteroatoms. The maximum Gasteiger partial charge on any atom is 0.278 e. The first-order valence-electron chi connectivity index (χ1n) is 5.93. The van der Waals surface area contributed by atoms with Crippen LogP contribution in [0.2, 0.25) is 0 Å². The van der Waals surface area contributed by atoms with Crippen LogP contribution in [0.4, 0.5) is 0 Å². The molecule has 0 radical (unpaired) electrons. The molecule has 1 unspecified atom stereocenters. The van der Waals surface area contributed by atoms with Crippen LogP contribution in [0, 0.1) is 0 Å². The van der Waals surface area contributed by atoms with Crippen molar-refractivity contribution in [2.24, 2.45) is 0 Å². The van der Waals surface area contributed by atoms with Gasteiger partial charge in [0.1, 0.15) is 6.54 Å². The maximum absolute atomic E-state index is 11.9. The van der Waals surface area contributed by atoms with Crippen molar-refractivity contribution in [2.75, 3.05) is 7.05 Å². The van der Waals surface area contributed by atoms with Crippen molar-refractivity contribution in [1.82, 2.24) is 5.32 Å². The van der Waals surface area contributed by atoms with E-state index >= 15 is 0 Å². The lowest BCUT2D eigenvalue weighted by molar-refractivity contribution is -0.907. The van der Waals surface area contributed by atoms with Gasteiger partial charge in [-0.05, 0) is 47.8 Å². The zero-order chi connectivity index (χ0) is 12.4. The van der Waals surface area contributed by atoms with Crippen molar-refractivity contribution in [3.8, 4) is 0 Å². The number of hydrogen-bond acceptors (Lipinski definition) is 2. The zero-order valence-electron chi connectivity index (χ0n) is 10.1. The quantitative estimate of drug-likeness (QED) is 0.840. The van der Waals surface area contributed by atoms with Gasteiger partial charge in [-0.25, -0.2) is 0 Å². The molecule has 1 aromatic heterocycles. The highest BCUT2D eigenvalue weighted by molar-refractivity contribution is 9.11. The SMILES string of the molecule is C[C@@H](C(=O)NC1CC1)[NH+](C)Cc1ccc(Br)s1. The fourth-order valence-electron chi connectivity index (χ4n) is 1.65. The van der Waals surface area contributed by atoms with E-state index in [1.807, 2.05) is 6.92 Å². The van der Waals surface area contributed by atoms with Gasteiger partial charge in [0.25, 0.3) is 5.91 Å². The first-order valence-corrected chi connectivity index (χ1v) is 7.54. The lowest BCUT2D eigenvalue weighted by Crippen LogP contribution is -3.12. The number of halogens is 1. The highest BCUT2D eigenvalue weighted by Gasteiger charge is 2.29. The second-order valence-corrected chi connectivity index (χ2v) is 7.28. The van der Waals surface area contributed by atoms with E-state index in [-0.39, 0.29) is 11.9 Å². The Morgan fingerprint density at radius 1 is 1.65 bits per heavy atom. The minimum absolute atomic E-state index is 0.0106. The van der Waals surface area contributed by atoms with Gasteiger partial charge in [0.15, 0.2) is 6.04 Å². The lowest BCUT2D eigenvalue weighted by atomic mass is 10.2. The van der Waals surface area contributed by atoms with Gasteiger partial charge >= 0.3 is 0 Å². The van der Waals surface area contributed by atoms with Crippen LogP contribution < -0.4 is 10.2 Å². The van der Waals surface area contributed by atoms with Crippen LogP contribution in [0.15, 0.2) is 15.9 Å². The number of hydrogen-bond donors (Lipinski definition) is 2. The van der Waals surface area contributed by atoms with Crippen molar-refractivity contribution in [3.05, 3.63) is 20.8 Å². The van der Waals surface area contributed by atoms with Gasteiger partial charge < -0.3 is 10.2 Å². The molecule has 17 heavy (non-hydrogen) atoms. The first kappa shape index (κ1) is 13.1. The van der Waals surface area contributed by atoms with Crippen LogP contribution in [-0.2, 0) is 11.3 Å². The Morgan fingerprint density at radius 3 is 2.88 bits per heavy atom. The third-order valence-corrected chi connectivity index (χ3v) is 4.76. The molecule has 0 aliphatic heterocycles. The normalized spacial score (nSPS) is 18.8. The molecule has 1 saturated carbocycles. The fourth-order valence-corrected chi connectivity index (χ4v) is 3.23. The fraction of sp³-hybridized carbons (Fsp3) is 0.583. The summed E-state index contributed by atoms with van der Waals surface area (Å²) in [6, 6.07) is 4.64. The number of carbonyl (C=O) groups is 1. The van der Waals surface area contributed by atoms with Gasteiger partial charge in [-0.3, -0.25) is 4.79 Å². The second kappa shape index (κ2) is 5.50. The van der Waals surface area contributed by atoms with E-state index in [4.69, 9.17) is 0 Å². The summed E-state index contributed by atoms with van der Waals surface area (Å²) in [6.45, 7) is 2.89. The van der Waals surface area contributed by atoms with E-state index in [1.165, 1.54) is 9.78 Å². The average molecular weight is 318 g/mol. The molecule has 2 N–H and O–H groups in total. The molecule has 1 fully saturated rings.